The van der Waals surface area contributed by atoms with E-state index < -0.39 is 0 Å². The quantitative estimate of drug-likeness (QED) is 0.677. The highest BCUT2D eigenvalue weighted by Gasteiger charge is 2.05. The monoisotopic (exact) mass is 204 g/mol. The Bertz CT molecular complexity index is 366. The van der Waals surface area contributed by atoms with Crippen molar-refractivity contribution in [1.82, 2.24) is 10.3 Å². The van der Waals surface area contributed by atoms with Crippen molar-refractivity contribution in [2.75, 3.05) is 13.1 Å². The molecule has 0 saturated carbocycles. The van der Waals surface area contributed by atoms with Gasteiger partial charge in [0.15, 0.2) is 0 Å². The minimum absolute atomic E-state index is 0.243. The average Bonchev–Trinajstić information content (AvgIpc) is 2.29. The first-order chi connectivity index (χ1) is 7.27. The number of aromatic nitrogens is 1. The maximum absolute atomic E-state index is 11.4. The van der Waals surface area contributed by atoms with Gasteiger partial charge in [-0.2, -0.15) is 5.26 Å². The number of nitrogens with two attached hydrogens (primary N) is 1. The molecule has 5 nitrogen and oxygen atoms in total. The average molecular weight is 204 g/mol. The Morgan fingerprint density at radius 2 is 2.40 bits per heavy atom. The van der Waals surface area contributed by atoms with Crippen LogP contribution in [0.1, 0.15) is 22.5 Å². The van der Waals surface area contributed by atoms with Gasteiger partial charge in [0.05, 0.1) is 5.56 Å². The standard InChI is InChI=1S/C10H12N4O/c11-4-1-5-13-10(15)9-3-2-8(6-12)7-14-9/h2-3,7H,1,4-5,11H2,(H,13,15). The largest absolute Gasteiger partial charge is 0.351 e. The third-order valence-electron chi connectivity index (χ3n) is 1.79. The number of hydrogen-bond acceptors (Lipinski definition) is 4. The number of nitrogens with zero attached hydrogens (tertiary/aromatic N) is 2. The van der Waals surface area contributed by atoms with E-state index in [1.54, 1.807) is 6.07 Å². The van der Waals surface area contributed by atoms with Gasteiger partial charge in [0, 0.05) is 12.7 Å². The molecule has 0 aliphatic carbocycles. The number of nitriles is 1. The molecule has 0 unspecified atom stereocenters. The van der Waals surface area contributed by atoms with Gasteiger partial charge < -0.3 is 11.1 Å². The van der Waals surface area contributed by atoms with E-state index in [4.69, 9.17) is 11.0 Å². The minimum Gasteiger partial charge on any atom is -0.351 e. The Labute approximate surface area is 87.9 Å². The first-order valence-electron chi connectivity index (χ1n) is 4.62. The highest BCUT2D eigenvalue weighted by Crippen LogP contribution is 1.98. The lowest BCUT2D eigenvalue weighted by atomic mass is 10.2. The summed E-state index contributed by atoms with van der Waals surface area (Å²) in [6.07, 6.45) is 2.11. The van der Waals surface area contributed by atoms with Gasteiger partial charge >= 0.3 is 0 Å². The second kappa shape index (κ2) is 5.73. The van der Waals surface area contributed by atoms with Crippen molar-refractivity contribution in [2.24, 2.45) is 5.73 Å². The molecule has 5 heteroatoms. The second-order valence-corrected chi connectivity index (χ2v) is 2.94. The van der Waals surface area contributed by atoms with Crippen molar-refractivity contribution in [3.63, 3.8) is 0 Å². The summed E-state index contributed by atoms with van der Waals surface area (Å²) in [5.41, 5.74) is 6.04. The third kappa shape index (κ3) is 3.37. The molecule has 0 spiro atoms. The van der Waals surface area contributed by atoms with Crippen LogP contribution in [0.3, 0.4) is 0 Å². The van der Waals surface area contributed by atoms with Crippen molar-refractivity contribution >= 4 is 5.91 Å². The predicted octanol–water partition coefficient (Wildman–Crippen LogP) is 0.0319. The lowest BCUT2D eigenvalue weighted by molar-refractivity contribution is 0.0948. The molecule has 1 rings (SSSR count). The number of amides is 1. The van der Waals surface area contributed by atoms with Crippen molar-refractivity contribution in [3.8, 4) is 6.07 Å². The summed E-state index contributed by atoms with van der Waals surface area (Å²) in [6, 6.07) is 5.02. The van der Waals surface area contributed by atoms with E-state index in [0.717, 1.165) is 6.42 Å². The molecule has 78 valence electrons. The fourth-order valence-corrected chi connectivity index (χ4v) is 0.989. The van der Waals surface area contributed by atoms with Crippen LogP contribution in [0.25, 0.3) is 0 Å². The Morgan fingerprint density at radius 3 is 2.93 bits per heavy atom. The summed E-state index contributed by atoms with van der Waals surface area (Å²) in [5, 5.41) is 11.2. The fourth-order valence-electron chi connectivity index (χ4n) is 0.989. The number of rotatable bonds is 4. The smallest absolute Gasteiger partial charge is 0.269 e. The maximum Gasteiger partial charge on any atom is 0.269 e. The Kier molecular flexibility index (Phi) is 4.26. The van der Waals surface area contributed by atoms with E-state index in [9.17, 15) is 4.79 Å². The van der Waals surface area contributed by atoms with Crippen molar-refractivity contribution in [1.29, 1.82) is 5.26 Å². The van der Waals surface area contributed by atoms with E-state index in [-0.39, 0.29) is 5.91 Å². The van der Waals surface area contributed by atoms with Crippen LogP contribution in [0.4, 0.5) is 0 Å². The summed E-state index contributed by atoms with van der Waals surface area (Å²) in [5.74, 6) is -0.243. The summed E-state index contributed by atoms with van der Waals surface area (Å²) in [4.78, 5) is 15.3. The zero-order chi connectivity index (χ0) is 11.1. The molecule has 1 amide bonds. The molecule has 1 aromatic rings. The van der Waals surface area contributed by atoms with Crippen molar-refractivity contribution in [3.05, 3.63) is 29.6 Å². The summed E-state index contributed by atoms with van der Waals surface area (Å²) in [7, 11) is 0. The SMILES string of the molecule is N#Cc1ccc(C(=O)NCCCN)nc1. The van der Waals surface area contributed by atoms with Crippen LogP contribution in [-0.4, -0.2) is 24.0 Å². The molecule has 0 aliphatic heterocycles. The maximum atomic E-state index is 11.4. The molecule has 1 aromatic heterocycles. The molecular weight excluding hydrogens is 192 g/mol. The normalized spacial score (nSPS) is 9.33. The van der Waals surface area contributed by atoms with E-state index in [2.05, 4.69) is 10.3 Å². The van der Waals surface area contributed by atoms with Crippen LogP contribution < -0.4 is 11.1 Å². The van der Waals surface area contributed by atoms with Crippen LogP contribution in [-0.2, 0) is 0 Å². The van der Waals surface area contributed by atoms with Crippen LogP contribution in [0.2, 0.25) is 0 Å². The lowest BCUT2D eigenvalue weighted by Gasteiger charge is -2.02. The van der Waals surface area contributed by atoms with Gasteiger partial charge in [0.25, 0.3) is 5.91 Å². The molecular formula is C10H12N4O. The molecule has 0 saturated heterocycles. The summed E-state index contributed by atoms with van der Waals surface area (Å²) in [6.45, 7) is 1.08. The van der Waals surface area contributed by atoms with Gasteiger partial charge in [-0.3, -0.25) is 4.79 Å². The highest BCUT2D eigenvalue weighted by atomic mass is 16.1. The Balaban J connectivity index is 2.55. The van der Waals surface area contributed by atoms with E-state index in [1.807, 2.05) is 6.07 Å². The number of nitrogens with one attached hydrogen (secondary N) is 1. The molecule has 1 heterocycles. The van der Waals surface area contributed by atoms with Crippen LogP contribution in [0, 0.1) is 11.3 Å². The molecule has 0 aromatic carbocycles. The van der Waals surface area contributed by atoms with Gasteiger partial charge in [-0.25, -0.2) is 4.98 Å². The van der Waals surface area contributed by atoms with Gasteiger partial charge in [0.2, 0.25) is 0 Å². The van der Waals surface area contributed by atoms with Crippen LogP contribution in [0.15, 0.2) is 18.3 Å². The van der Waals surface area contributed by atoms with E-state index in [1.165, 1.54) is 12.3 Å². The van der Waals surface area contributed by atoms with Crippen LogP contribution in [0.5, 0.6) is 0 Å². The van der Waals surface area contributed by atoms with Crippen molar-refractivity contribution in [2.45, 2.75) is 6.42 Å². The van der Waals surface area contributed by atoms with Gasteiger partial charge in [-0.1, -0.05) is 0 Å². The summed E-state index contributed by atoms with van der Waals surface area (Å²) < 4.78 is 0. The topological polar surface area (TPSA) is 91.8 Å². The first kappa shape index (κ1) is 11.1. The minimum atomic E-state index is -0.243. The number of pyridine rings is 1. The van der Waals surface area contributed by atoms with Gasteiger partial charge in [-0.15, -0.1) is 0 Å². The highest BCUT2D eigenvalue weighted by molar-refractivity contribution is 5.92. The zero-order valence-electron chi connectivity index (χ0n) is 8.23. The molecule has 0 atom stereocenters. The lowest BCUT2D eigenvalue weighted by Crippen LogP contribution is -2.26. The first-order valence-corrected chi connectivity index (χ1v) is 4.62. The van der Waals surface area contributed by atoms with Crippen LogP contribution >= 0.6 is 0 Å². The van der Waals surface area contributed by atoms with Gasteiger partial charge in [-0.05, 0) is 25.1 Å². The summed E-state index contributed by atoms with van der Waals surface area (Å²) >= 11 is 0. The molecule has 15 heavy (non-hydrogen) atoms. The zero-order valence-corrected chi connectivity index (χ0v) is 8.23. The Morgan fingerprint density at radius 1 is 1.60 bits per heavy atom. The second-order valence-electron chi connectivity index (χ2n) is 2.94. The number of hydrogen-bond donors (Lipinski definition) is 2. The number of carbonyl (C=O) groups excluding carboxylic acids is 1. The van der Waals surface area contributed by atoms with E-state index >= 15 is 0 Å². The molecule has 0 aliphatic rings. The van der Waals surface area contributed by atoms with Gasteiger partial charge in [0.1, 0.15) is 11.8 Å². The molecule has 3 N–H and O–H groups in total. The Hall–Kier alpha value is -1.93. The fraction of sp³-hybridized carbons (Fsp3) is 0.300. The molecule has 0 fully saturated rings. The molecule has 0 radical (unpaired) electrons. The van der Waals surface area contributed by atoms with Crippen molar-refractivity contribution < 1.29 is 4.79 Å². The number of carbonyl (C=O) groups is 1. The van der Waals surface area contributed by atoms with E-state index in [0.29, 0.717) is 24.3 Å². The third-order valence-corrected chi connectivity index (χ3v) is 1.79. The molecule has 0 bridgehead atoms. The predicted molar refractivity (Wildman–Crippen MR) is 55.0 cm³/mol.